The molecule has 1 aliphatic rings. The summed E-state index contributed by atoms with van der Waals surface area (Å²) in [5, 5.41) is 14.6. The number of nitrogens with one attached hydrogen (secondary N) is 1. The first-order valence-corrected chi connectivity index (χ1v) is 8.32. The van der Waals surface area contributed by atoms with Crippen LogP contribution >= 0.6 is 0 Å². The maximum atomic E-state index is 12.7. The number of morpholine rings is 1. The molecule has 0 saturated carbocycles. The lowest BCUT2D eigenvalue weighted by atomic mass is 9.81. The van der Waals surface area contributed by atoms with Crippen LogP contribution in [0.4, 0.5) is 13.2 Å². The summed E-state index contributed by atoms with van der Waals surface area (Å²) in [6, 6.07) is 14.7. The van der Waals surface area contributed by atoms with E-state index in [4.69, 9.17) is 4.74 Å². The molecular formula is C19H20F3NO3. The number of alkyl halides is 3. The fourth-order valence-electron chi connectivity index (χ4n) is 3.17. The van der Waals surface area contributed by atoms with Gasteiger partial charge in [-0.05, 0) is 17.2 Å². The zero-order valence-corrected chi connectivity index (χ0v) is 14.0. The summed E-state index contributed by atoms with van der Waals surface area (Å²) in [6.45, 7) is 1.48. The van der Waals surface area contributed by atoms with Crippen molar-refractivity contribution in [2.75, 3.05) is 19.7 Å². The van der Waals surface area contributed by atoms with Gasteiger partial charge in [0.2, 0.25) is 0 Å². The fraction of sp³-hybridized carbons (Fsp3) is 0.368. The molecule has 3 rings (SSSR count). The molecule has 2 N–H and O–H groups in total. The average Bonchev–Trinajstić information content (AvgIpc) is 2.63. The van der Waals surface area contributed by atoms with E-state index in [0.29, 0.717) is 25.3 Å². The first-order valence-electron chi connectivity index (χ1n) is 8.32. The molecule has 1 saturated heterocycles. The van der Waals surface area contributed by atoms with Gasteiger partial charge in [-0.25, -0.2) is 0 Å². The summed E-state index contributed by atoms with van der Waals surface area (Å²) >= 11 is 0. The van der Waals surface area contributed by atoms with Gasteiger partial charge in [-0.2, -0.15) is 0 Å². The Hall–Kier alpha value is -2.09. The predicted octanol–water partition coefficient (Wildman–Crippen LogP) is 3.00. The minimum atomic E-state index is -4.80. The van der Waals surface area contributed by atoms with Crippen LogP contribution in [-0.2, 0) is 16.8 Å². The Morgan fingerprint density at radius 1 is 1.08 bits per heavy atom. The van der Waals surface area contributed by atoms with Crippen molar-refractivity contribution in [1.82, 2.24) is 5.32 Å². The lowest BCUT2D eigenvalue weighted by Crippen LogP contribution is -2.52. The van der Waals surface area contributed by atoms with Gasteiger partial charge in [0.05, 0.1) is 6.61 Å². The Morgan fingerprint density at radius 2 is 1.77 bits per heavy atom. The number of para-hydroxylation sites is 1. The smallest absolute Gasteiger partial charge is 0.406 e. The average molecular weight is 367 g/mol. The van der Waals surface area contributed by atoms with Crippen LogP contribution in [0.25, 0.3) is 0 Å². The van der Waals surface area contributed by atoms with Crippen LogP contribution in [-0.4, -0.2) is 37.3 Å². The van der Waals surface area contributed by atoms with Crippen LogP contribution in [0.5, 0.6) is 5.75 Å². The summed E-state index contributed by atoms with van der Waals surface area (Å²) in [7, 11) is 0. The molecule has 2 unspecified atom stereocenters. The molecule has 1 heterocycles. The number of ether oxygens (including phenoxy) is 2. The molecule has 140 valence electrons. The number of aliphatic hydroxyl groups is 1. The Balaban J connectivity index is 1.97. The second kappa shape index (κ2) is 7.65. The molecule has 4 nitrogen and oxygen atoms in total. The Bertz CT molecular complexity index is 717. The molecule has 0 spiro atoms. The molecule has 2 atom stereocenters. The highest BCUT2D eigenvalue weighted by molar-refractivity contribution is 5.37. The van der Waals surface area contributed by atoms with Crippen LogP contribution in [0.2, 0.25) is 0 Å². The molecule has 0 aliphatic carbocycles. The molecule has 7 heteroatoms. The molecular weight excluding hydrogens is 347 g/mol. The topological polar surface area (TPSA) is 50.7 Å². The van der Waals surface area contributed by atoms with Crippen molar-refractivity contribution in [1.29, 1.82) is 0 Å². The van der Waals surface area contributed by atoms with E-state index in [9.17, 15) is 18.3 Å². The molecule has 0 aromatic heterocycles. The highest BCUT2D eigenvalue weighted by Crippen LogP contribution is 2.36. The van der Waals surface area contributed by atoms with Gasteiger partial charge in [0, 0.05) is 19.5 Å². The predicted molar refractivity (Wildman–Crippen MR) is 89.8 cm³/mol. The van der Waals surface area contributed by atoms with E-state index >= 15 is 0 Å². The van der Waals surface area contributed by atoms with E-state index in [-0.39, 0.29) is 17.7 Å². The molecule has 2 aromatic carbocycles. The SMILES string of the molecule is OC(Cc1ccccc1OC(F)(F)F)(c1ccccc1)C1CNCCO1. The summed E-state index contributed by atoms with van der Waals surface area (Å²) in [5.41, 5.74) is -0.666. The lowest BCUT2D eigenvalue weighted by molar-refractivity contribution is -0.275. The largest absolute Gasteiger partial charge is 0.573 e. The maximum absolute atomic E-state index is 12.7. The maximum Gasteiger partial charge on any atom is 0.573 e. The van der Waals surface area contributed by atoms with Crippen molar-refractivity contribution in [3.63, 3.8) is 0 Å². The van der Waals surface area contributed by atoms with Crippen molar-refractivity contribution in [2.45, 2.75) is 24.5 Å². The van der Waals surface area contributed by atoms with Crippen LogP contribution in [0.3, 0.4) is 0 Å². The minimum Gasteiger partial charge on any atom is -0.406 e. The van der Waals surface area contributed by atoms with Crippen molar-refractivity contribution < 1.29 is 27.8 Å². The monoisotopic (exact) mass is 367 g/mol. The van der Waals surface area contributed by atoms with Gasteiger partial charge in [-0.1, -0.05) is 48.5 Å². The van der Waals surface area contributed by atoms with Gasteiger partial charge in [-0.3, -0.25) is 0 Å². The summed E-state index contributed by atoms with van der Waals surface area (Å²) in [6.07, 6.45) is -5.47. The third kappa shape index (κ3) is 4.35. The van der Waals surface area contributed by atoms with Crippen LogP contribution in [0, 0.1) is 0 Å². The van der Waals surface area contributed by atoms with E-state index < -0.39 is 18.1 Å². The van der Waals surface area contributed by atoms with Gasteiger partial charge in [0.25, 0.3) is 0 Å². The second-order valence-corrected chi connectivity index (χ2v) is 6.19. The van der Waals surface area contributed by atoms with Gasteiger partial charge in [0.15, 0.2) is 0 Å². The lowest BCUT2D eigenvalue weighted by Gasteiger charge is -2.39. The highest BCUT2D eigenvalue weighted by Gasteiger charge is 2.41. The quantitative estimate of drug-likeness (QED) is 0.853. The van der Waals surface area contributed by atoms with Gasteiger partial charge in [-0.15, -0.1) is 13.2 Å². The number of hydrogen-bond acceptors (Lipinski definition) is 4. The van der Waals surface area contributed by atoms with Crippen LogP contribution < -0.4 is 10.1 Å². The van der Waals surface area contributed by atoms with Gasteiger partial charge >= 0.3 is 6.36 Å². The standard InChI is InChI=1S/C19H20F3NO3/c20-19(21,22)26-16-9-5-4-6-14(16)12-18(24,15-7-2-1-3-8-15)17-13-23-10-11-25-17/h1-9,17,23-24H,10-13H2. The fourth-order valence-corrected chi connectivity index (χ4v) is 3.17. The van der Waals surface area contributed by atoms with Crippen molar-refractivity contribution >= 4 is 0 Å². The summed E-state index contributed by atoms with van der Waals surface area (Å²) < 4.78 is 48.0. The molecule has 26 heavy (non-hydrogen) atoms. The second-order valence-electron chi connectivity index (χ2n) is 6.19. The van der Waals surface area contributed by atoms with Gasteiger partial charge in [0.1, 0.15) is 17.5 Å². The summed E-state index contributed by atoms with van der Waals surface area (Å²) in [4.78, 5) is 0. The molecule has 1 fully saturated rings. The first kappa shape index (κ1) is 18.7. The van der Waals surface area contributed by atoms with E-state index in [0.717, 1.165) is 0 Å². The first-order chi connectivity index (χ1) is 12.4. The van der Waals surface area contributed by atoms with E-state index in [1.165, 1.54) is 18.2 Å². The van der Waals surface area contributed by atoms with E-state index in [2.05, 4.69) is 10.1 Å². The Labute approximate surface area is 149 Å². The van der Waals surface area contributed by atoms with Crippen molar-refractivity contribution in [2.24, 2.45) is 0 Å². The normalized spacial score (nSPS) is 20.4. The zero-order valence-electron chi connectivity index (χ0n) is 14.0. The molecule has 0 radical (unpaired) electrons. The zero-order chi connectivity index (χ0) is 18.6. The van der Waals surface area contributed by atoms with Crippen molar-refractivity contribution in [3.05, 3.63) is 65.7 Å². The Morgan fingerprint density at radius 3 is 2.42 bits per heavy atom. The van der Waals surface area contributed by atoms with Gasteiger partial charge < -0.3 is 19.9 Å². The van der Waals surface area contributed by atoms with E-state index in [1.807, 2.05) is 6.07 Å². The minimum absolute atomic E-state index is 0.0738. The summed E-state index contributed by atoms with van der Waals surface area (Å²) in [5.74, 6) is -0.321. The molecule has 2 aromatic rings. The van der Waals surface area contributed by atoms with Crippen molar-refractivity contribution in [3.8, 4) is 5.75 Å². The third-order valence-corrected chi connectivity index (χ3v) is 4.39. The number of halogens is 3. The highest BCUT2D eigenvalue weighted by atomic mass is 19.4. The molecule has 1 aliphatic heterocycles. The Kier molecular flexibility index (Phi) is 5.50. The van der Waals surface area contributed by atoms with Crippen LogP contribution in [0.1, 0.15) is 11.1 Å². The molecule has 0 amide bonds. The molecule has 0 bridgehead atoms. The van der Waals surface area contributed by atoms with E-state index in [1.54, 1.807) is 30.3 Å². The van der Waals surface area contributed by atoms with Crippen LogP contribution in [0.15, 0.2) is 54.6 Å². The number of hydrogen-bond donors (Lipinski definition) is 2. The third-order valence-electron chi connectivity index (χ3n) is 4.39. The number of benzene rings is 2. The number of rotatable bonds is 5.